The molecule has 1 aromatic rings. The van der Waals surface area contributed by atoms with Crippen molar-refractivity contribution in [2.24, 2.45) is 5.92 Å². The molecule has 1 rings (SSSR count). The molecule has 2 N–H and O–H groups in total. The number of nitrogens with one attached hydrogen (secondary N) is 1. The topological polar surface area (TPSA) is 49.3 Å². The molecule has 1 atom stereocenters. The van der Waals surface area contributed by atoms with Crippen molar-refractivity contribution in [2.75, 3.05) is 6.61 Å². The van der Waals surface area contributed by atoms with E-state index in [0.717, 1.165) is 0 Å². The lowest BCUT2D eigenvalue weighted by molar-refractivity contribution is -0.0328. The molecule has 0 bridgehead atoms. The Hall–Kier alpha value is -1.21. The third-order valence-corrected chi connectivity index (χ3v) is 3.41. The van der Waals surface area contributed by atoms with Crippen LogP contribution >= 0.6 is 11.8 Å². The maximum Gasteiger partial charge on any atom is 0.446 e. The zero-order valence-corrected chi connectivity index (χ0v) is 11.9. The maximum absolute atomic E-state index is 12.2. The number of benzene rings is 1. The first-order chi connectivity index (χ1) is 9.23. The molecule has 0 saturated carbocycles. The number of halogens is 3. The van der Waals surface area contributed by atoms with Gasteiger partial charge in [0.05, 0.1) is 12.6 Å². The maximum atomic E-state index is 12.2. The van der Waals surface area contributed by atoms with Crippen LogP contribution in [0.25, 0.3) is 0 Å². The highest BCUT2D eigenvalue weighted by Crippen LogP contribution is 2.36. The van der Waals surface area contributed by atoms with E-state index < -0.39 is 11.4 Å². The van der Waals surface area contributed by atoms with Crippen LogP contribution in [0.15, 0.2) is 29.2 Å². The number of carbonyl (C=O) groups is 1. The first-order valence-corrected chi connectivity index (χ1v) is 6.82. The van der Waals surface area contributed by atoms with Crippen molar-refractivity contribution in [2.45, 2.75) is 30.3 Å². The van der Waals surface area contributed by atoms with Crippen LogP contribution in [0, 0.1) is 5.92 Å². The van der Waals surface area contributed by atoms with E-state index in [1.54, 1.807) is 0 Å². The molecule has 112 valence electrons. The second-order valence-corrected chi connectivity index (χ2v) is 5.72. The molecule has 0 radical (unpaired) electrons. The van der Waals surface area contributed by atoms with Gasteiger partial charge in [-0.3, -0.25) is 4.79 Å². The summed E-state index contributed by atoms with van der Waals surface area (Å²) in [7, 11) is 0. The van der Waals surface area contributed by atoms with Gasteiger partial charge in [-0.15, -0.1) is 0 Å². The van der Waals surface area contributed by atoms with Crippen LogP contribution in [-0.2, 0) is 0 Å². The Morgan fingerprint density at radius 3 is 2.25 bits per heavy atom. The first-order valence-electron chi connectivity index (χ1n) is 6.00. The molecule has 0 heterocycles. The highest BCUT2D eigenvalue weighted by Gasteiger charge is 2.29. The van der Waals surface area contributed by atoms with Gasteiger partial charge in [0.15, 0.2) is 0 Å². The van der Waals surface area contributed by atoms with Crippen LogP contribution < -0.4 is 5.32 Å². The normalized spacial score (nSPS) is 13.3. The number of amides is 1. The molecular weight excluding hydrogens is 291 g/mol. The van der Waals surface area contributed by atoms with Gasteiger partial charge in [0.2, 0.25) is 0 Å². The van der Waals surface area contributed by atoms with E-state index in [2.05, 4.69) is 5.32 Å². The monoisotopic (exact) mass is 307 g/mol. The van der Waals surface area contributed by atoms with Gasteiger partial charge in [-0.2, -0.15) is 13.2 Å². The van der Waals surface area contributed by atoms with Crippen LogP contribution in [0.4, 0.5) is 13.2 Å². The molecule has 20 heavy (non-hydrogen) atoms. The number of hydrogen-bond donors (Lipinski definition) is 2. The average Bonchev–Trinajstić information content (AvgIpc) is 2.34. The lowest BCUT2D eigenvalue weighted by atomic mass is 10.0. The second kappa shape index (κ2) is 6.99. The number of alkyl halides is 3. The van der Waals surface area contributed by atoms with Crippen molar-refractivity contribution in [1.82, 2.24) is 5.32 Å². The van der Waals surface area contributed by atoms with Crippen LogP contribution in [-0.4, -0.2) is 29.2 Å². The van der Waals surface area contributed by atoms with Crippen molar-refractivity contribution in [1.29, 1.82) is 0 Å². The fourth-order valence-corrected chi connectivity index (χ4v) is 2.02. The Morgan fingerprint density at radius 1 is 1.30 bits per heavy atom. The number of rotatable bonds is 5. The zero-order chi connectivity index (χ0) is 15.3. The fraction of sp³-hybridized carbons (Fsp3) is 0.462. The largest absolute Gasteiger partial charge is 0.446 e. The number of aliphatic hydroxyl groups is 1. The van der Waals surface area contributed by atoms with Crippen LogP contribution in [0.5, 0.6) is 0 Å². The minimum absolute atomic E-state index is 0.0246. The molecule has 7 heteroatoms. The van der Waals surface area contributed by atoms with E-state index in [9.17, 15) is 18.0 Å². The highest BCUT2D eigenvalue weighted by atomic mass is 32.2. The summed E-state index contributed by atoms with van der Waals surface area (Å²) in [6.07, 6.45) is 0. The quantitative estimate of drug-likeness (QED) is 0.822. The predicted octanol–water partition coefficient (Wildman–Crippen LogP) is 3.05. The van der Waals surface area contributed by atoms with Gasteiger partial charge in [0, 0.05) is 10.5 Å². The lowest BCUT2D eigenvalue weighted by Gasteiger charge is -2.19. The summed E-state index contributed by atoms with van der Waals surface area (Å²) in [5.74, 6) is -0.356. The van der Waals surface area contributed by atoms with E-state index >= 15 is 0 Å². The van der Waals surface area contributed by atoms with Crippen LogP contribution in [0.3, 0.4) is 0 Å². The smallest absolute Gasteiger partial charge is 0.394 e. The molecule has 0 aliphatic heterocycles. The highest BCUT2D eigenvalue weighted by molar-refractivity contribution is 8.00. The Bertz CT molecular complexity index is 446. The molecule has 1 aromatic carbocycles. The summed E-state index contributed by atoms with van der Waals surface area (Å²) in [5, 5.41) is 11.8. The number of hydrogen-bond acceptors (Lipinski definition) is 3. The van der Waals surface area contributed by atoms with Crippen molar-refractivity contribution < 1.29 is 23.1 Å². The van der Waals surface area contributed by atoms with Crippen molar-refractivity contribution in [3.05, 3.63) is 29.8 Å². The molecule has 0 aliphatic rings. The van der Waals surface area contributed by atoms with Gasteiger partial charge < -0.3 is 10.4 Å². The second-order valence-electron chi connectivity index (χ2n) is 4.58. The number of carbonyl (C=O) groups excluding carboxylic acids is 1. The number of thioether (sulfide) groups is 1. The summed E-state index contributed by atoms with van der Waals surface area (Å²) >= 11 is -0.227. The van der Waals surface area contributed by atoms with E-state index in [1.165, 1.54) is 24.3 Å². The molecule has 1 unspecified atom stereocenters. The molecule has 0 saturated heterocycles. The Labute approximate surface area is 119 Å². The van der Waals surface area contributed by atoms with Gasteiger partial charge in [0.1, 0.15) is 0 Å². The zero-order valence-electron chi connectivity index (χ0n) is 11.1. The Balaban J connectivity index is 2.71. The van der Waals surface area contributed by atoms with Gasteiger partial charge in [-0.1, -0.05) is 13.8 Å². The van der Waals surface area contributed by atoms with Gasteiger partial charge in [-0.25, -0.2) is 0 Å². The molecule has 1 amide bonds. The molecule has 0 spiro atoms. The molecule has 0 aliphatic carbocycles. The molecular formula is C13H16F3NO2S. The summed E-state index contributed by atoms with van der Waals surface area (Å²) in [6.45, 7) is 3.51. The van der Waals surface area contributed by atoms with Gasteiger partial charge in [-0.05, 0) is 41.9 Å². The lowest BCUT2D eigenvalue weighted by Crippen LogP contribution is -2.41. The third kappa shape index (κ3) is 5.42. The SMILES string of the molecule is CC(C)C(CO)NC(=O)c1ccc(SC(F)(F)F)cc1. The third-order valence-electron chi connectivity index (χ3n) is 2.67. The predicted molar refractivity (Wildman–Crippen MR) is 71.5 cm³/mol. The Kier molecular flexibility index (Phi) is 5.88. The van der Waals surface area contributed by atoms with Gasteiger partial charge >= 0.3 is 5.51 Å². The van der Waals surface area contributed by atoms with E-state index in [-0.39, 0.29) is 40.8 Å². The minimum Gasteiger partial charge on any atom is -0.394 e. The summed E-state index contributed by atoms with van der Waals surface area (Å²) in [6, 6.07) is 4.77. The summed E-state index contributed by atoms with van der Waals surface area (Å²) in [5.41, 5.74) is -4.08. The van der Waals surface area contributed by atoms with Gasteiger partial charge in [0.25, 0.3) is 5.91 Å². The standard InChI is InChI=1S/C13H16F3NO2S/c1-8(2)11(7-18)17-12(19)9-3-5-10(6-4-9)20-13(14,15)16/h3-6,8,11,18H,7H2,1-2H3,(H,17,19). The van der Waals surface area contributed by atoms with E-state index in [4.69, 9.17) is 5.11 Å². The first kappa shape index (κ1) is 16.8. The molecule has 0 aromatic heterocycles. The fourth-order valence-electron chi connectivity index (χ4n) is 1.48. The molecule has 0 fully saturated rings. The van der Waals surface area contributed by atoms with Crippen molar-refractivity contribution >= 4 is 17.7 Å². The Morgan fingerprint density at radius 2 is 1.85 bits per heavy atom. The van der Waals surface area contributed by atoms with Crippen molar-refractivity contribution in [3.63, 3.8) is 0 Å². The van der Waals surface area contributed by atoms with E-state index in [0.29, 0.717) is 0 Å². The van der Waals surface area contributed by atoms with E-state index in [1.807, 2.05) is 13.8 Å². The summed E-state index contributed by atoms with van der Waals surface area (Å²) < 4.78 is 36.5. The van der Waals surface area contributed by atoms with Crippen LogP contribution in [0.1, 0.15) is 24.2 Å². The number of aliphatic hydroxyl groups excluding tert-OH is 1. The molecule has 3 nitrogen and oxygen atoms in total. The van der Waals surface area contributed by atoms with Crippen molar-refractivity contribution in [3.8, 4) is 0 Å². The minimum atomic E-state index is -4.34. The average molecular weight is 307 g/mol. The van der Waals surface area contributed by atoms with Crippen LogP contribution in [0.2, 0.25) is 0 Å². The summed E-state index contributed by atoms with van der Waals surface area (Å²) in [4.78, 5) is 11.9.